The Bertz CT molecular complexity index is 689. The van der Waals surface area contributed by atoms with Crippen molar-refractivity contribution in [3.8, 4) is 0 Å². The maximum Gasteiger partial charge on any atom is 0.270 e. The number of hydrogen-bond acceptors (Lipinski definition) is 4. The standard InChI is InChI=1S/C15H17ClFN5O/c16-11-3-1-10(2-4-11)6-21-7-12(17)5-13(21)8-22-9-14(15(18)23)19-20-22/h1-4,9,12-13H,5-8H2,(H2,18,23). The summed E-state index contributed by atoms with van der Waals surface area (Å²) in [5, 5.41) is 8.26. The van der Waals surface area contributed by atoms with Crippen molar-refractivity contribution in [2.45, 2.75) is 31.7 Å². The summed E-state index contributed by atoms with van der Waals surface area (Å²) in [7, 11) is 0. The molecule has 0 spiro atoms. The van der Waals surface area contributed by atoms with E-state index >= 15 is 0 Å². The van der Waals surface area contributed by atoms with Crippen molar-refractivity contribution in [1.29, 1.82) is 0 Å². The molecule has 0 radical (unpaired) electrons. The number of rotatable bonds is 5. The topological polar surface area (TPSA) is 77.0 Å². The number of amides is 1. The van der Waals surface area contributed by atoms with Crippen LogP contribution < -0.4 is 5.73 Å². The maximum absolute atomic E-state index is 13.8. The molecule has 0 saturated carbocycles. The number of halogens is 2. The van der Waals surface area contributed by atoms with Gasteiger partial charge in [0.2, 0.25) is 0 Å². The monoisotopic (exact) mass is 337 g/mol. The Morgan fingerprint density at radius 2 is 2.13 bits per heavy atom. The van der Waals surface area contributed by atoms with Gasteiger partial charge in [-0.05, 0) is 24.1 Å². The molecule has 2 atom stereocenters. The molecule has 2 N–H and O–H groups in total. The minimum absolute atomic E-state index is 0.0110. The smallest absolute Gasteiger partial charge is 0.270 e. The van der Waals surface area contributed by atoms with Gasteiger partial charge in [0.1, 0.15) is 6.17 Å². The van der Waals surface area contributed by atoms with Gasteiger partial charge in [-0.1, -0.05) is 28.9 Å². The Morgan fingerprint density at radius 1 is 1.39 bits per heavy atom. The van der Waals surface area contributed by atoms with E-state index in [4.69, 9.17) is 17.3 Å². The highest BCUT2D eigenvalue weighted by Crippen LogP contribution is 2.24. The number of nitrogens with zero attached hydrogens (tertiary/aromatic N) is 4. The number of likely N-dealkylation sites (tertiary alicyclic amines) is 1. The van der Waals surface area contributed by atoms with E-state index in [1.165, 1.54) is 10.9 Å². The number of aromatic nitrogens is 3. The molecular weight excluding hydrogens is 321 g/mol. The molecule has 2 unspecified atom stereocenters. The van der Waals surface area contributed by atoms with Crippen molar-refractivity contribution in [3.63, 3.8) is 0 Å². The highest BCUT2D eigenvalue weighted by atomic mass is 35.5. The molecule has 1 aromatic carbocycles. The Kier molecular flexibility index (Phi) is 4.58. The van der Waals surface area contributed by atoms with E-state index in [2.05, 4.69) is 15.2 Å². The van der Waals surface area contributed by atoms with Crippen molar-refractivity contribution in [2.24, 2.45) is 5.73 Å². The molecule has 8 heteroatoms. The fraction of sp³-hybridized carbons (Fsp3) is 0.400. The Hall–Kier alpha value is -1.99. The summed E-state index contributed by atoms with van der Waals surface area (Å²) in [5.41, 5.74) is 6.35. The molecule has 1 saturated heterocycles. The van der Waals surface area contributed by atoms with Crippen LogP contribution in [-0.4, -0.2) is 44.6 Å². The van der Waals surface area contributed by atoms with Crippen LogP contribution in [0.15, 0.2) is 30.5 Å². The second-order valence-corrected chi connectivity index (χ2v) is 6.17. The van der Waals surface area contributed by atoms with Crippen LogP contribution >= 0.6 is 11.6 Å². The lowest BCUT2D eigenvalue weighted by Crippen LogP contribution is -2.32. The van der Waals surface area contributed by atoms with E-state index in [9.17, 15) is 9.18 Å². The Balaban J connectivity index is 1.68. The van der Waals surface area contributed by atoms with E-state index in [0.717, 1.165) is 5.56 Å². The first-order chi connectivity index (χ1) is 11.0. The van der Waals surface area contributed by atoms with Gasteiger partial charge in [0, 0.05) is 24.2 Å². The zero-order valence-corrected chi connectivity index (χ0v) is 13.2. The minimum Gasteiger partial charge on any atom is -0.364 e. The van der Waals surface area contributed by atoms with Gasteiger partial charge in [0.05, 0.1) is 12.7 Å². The molecule has 122 valence electrons. The molecule has 0 aliphatic carbocycles. The normalized spacial score (nSPS) is 21.7. The third kappa shape index (κ3) is 3.86. The van der Waals surface area contributed by atoms with Gasteiger partial charge >= 0.3 is 0 Å². The van der Waals surface area contributed by atoms with Gasteiger partial charge < -0.3 is 5.73 Å². The van der Waals surface area contributed by atoms with Gasteiger partial charge in [0.15, 0.2) is 5.69 Å². The number of carbonyl (C=O) groups excluding carboxylic acids is 1. The fourth-order valence-electron chi connectivity index (χ4n) is 2.85. The van der Waals surface area contributed by atoms with Gasteiger partial charge in [0.25, 0.3) is 5.91 Å². The average Bonchev–Trinajstić information content (AvgIpc) is 3.09. The fourth-order valence-corrected chi connectivity index (χ4v) is 2.97. The Labute approximate surface area is 138 Å². The summed E-state index contributed by atoms with van der Waals surface area (Å²) in [5.74, 6) is -0.621. The molecule has 23 heavy (non-hydrogen) atoms. The lowest BCUT2D eigenvalue weighted by molar-refractivity contribution is 0.0995. The molecule has 3 rings (SSSR count). The zero-order chi connectivity index (χ0) is 16.4. The third-order valence-corrected chi connectivity index (χ3v) is 4.22. The summed E-state index contributed by atoms with van der Waals surface area (Å²) in [4.78, 5) is 13.1. The first-order valence-electron chi connectivity index (χ1n) is 7.34. The van der Waals surface area contributed by atoms with Crippen LogP contribution in [0.4, 0.5) is 4.39 Å². The van der Waals surface area contributed by atoms with Gasteiger partial charge in [-0.15, -0.1) is 5.10 Å². The van der Waals surface area contributed by atoms with E-state index in [-0.39, 0.29) is 11.7 Å². The predicted molar refractivity (Wildman–Crippen MR) is 83.7 cm³/mol. The summed E-state index contributed by atoms with van der Waals surface area (Å²) in [6.07, 6.45) is 1.06. The first-order valence-corrected chi connectivity index (χ1v) is 7.71. The van der Waals surface area contributed by atoms with E-state index in [1.807, 2.05) is 24.3 Å². The summed E-state index contributed by atoms with van der Waals surface area (Å²) in [6, 6.07) is 7.51. The lowest BCUT2D eigenvalue weighted by Gasteiger charge is -2.23. The SMILES string of the molecule is NC(=O)c1cn(CC2CC(F)CN2Cc2ccc(Cl)cc2)nn1. The number of benzene rings is 1. The maximum atomic E-state index is 13.8. The van der Waals surface area contributed by atoms with Crippen LogP contribution in [0.3, 0.4) is 0 Å². The van der Waals surface area contributed by atoms with Gasteiger partial charge in [-0.3, -0.25) is 14.4 Å². The third-order valence-electron chi connectivity index (χ3n) is 3.96. The van der Waals surface area contributed by atoms with Gasteiger partial charge in [-0.2, -0.15) is 0 Å². The molecule has 1 amide bonds. The highest BCUT2D eigenvalue weighted by molar-refractivity contribution is 6.30. The van der Waals surface area contributed by atoms with Crippen LogP contribution in [0.2, 0.25) is 5.02 Å². The highest BCUT2D eigenvalue weighted by Gasteiger charge is 2.32. The first kappa shape index (κ1) is 15.9. The van der Waals surface area contributed by atoms with Crippen molar-refractivity contribution in [2.75, 3.05) is 6.54 Å². The largest absolute Gasteiger partial charge is 0.364 e. The molecule has 1 aliphatic rings. The van der Waals surface area contributed by atoms with E-state index < -0.39 is 12.1 Å². The van der Waals surface area contributed by atoms with E-state index in [1.54, 1.807) is 0 Å². The van der Waals surface area contributed by atoms with Crippen LogP contribution in [0.5, 0.6) is 0 Å². The Morgan fingerprint density at radius 3 is 2.78 bits per heavy atom. The quantitative estimate of drug-likeness (QED) is 0.899. The second kappa shape index (κ2) is 6.64. The number of carbonyl (C=O) groups is 1. The number of hydrogen-bond donors (Lipinski definition) is 1. The molecular formula is C15H17ClFN5O. The molecule has 6 nitrogen and oxygen atoms in total. The van der Waals surface area contributed by atoms with Gasteiger partial charge in [-0.25, -0.2) is 4.39 Å². The molecule has 2 heterocycles. The zero-order valence-electron chi connectivity index (χ0n) is 12.4. The van der Waals surface area contributed by atoms with Crippen molar-refractivity contribution >= 4 is 17.5 Å². The van der Waals surface area contributed by atoms with Crippen molar-refractivity contribution in [3.05, 3.63) is 46.7 Å². The van der Waals surface area contributed by atoms with Crippen molar-refractivity contribution in [1.82, 2.24) is 19.9 Å². The van der Waals surface area contributed by atoms with Crippen LogP contribution in [-0.2, 0) is 13.1 Å². The van der Waals surface area contributed by atoms with Crippen LogP contribution in [0.25, 0.3) is 0 Å². The molecule has 0 bridgehead atoms. The summed E-state index contributed by atoms with van der Waals surface area (Å²) in [6.45, 7) is 1.48. The molecule has 1 aliphatic heterocycles. The second-order valence-electron chi connectivity index (χ2n) is 5.73. The summed E-state index contributed by atoms with van der Waals surface area (Å²) < 4.78 is 15.4. The number of alkyl halides is 1. The van der Waals surface area contributed by atoms with Crippen LogP contribution in [0, 0.1) is 0 Å². The number of primary amides is 1. The average molecular weight is 338 g/mol. The summed E-state index contributed by atoms with van der Waals surface area (Å²) >= 11 is 5.89. The predicted octanol–water partition coefficient (Wildman–Crippen LogP) is 1.64. The molecule has 1 aromatic heterocycles. The molecule has 1 fully saturated rings. The van der Waals surface area contributed by atoms with Crippen LogP contribution in [0.1, 0.15) is 22.5 Å². The van der Waals surface area contributed by atoms with E-state index in [0.29, 0.717) is 31.1 Å². The minimum atomic E-state index is -0.869. The lowest BCUT2D eigenvalue weighted by atomic mass is 10.2. The molecule has 2 aromatic rings. The number of nitrogens with two attached hydrogens (primary N) is 1. The van der Waals surface area contributed by atoms with Crippen molar-refractivity contribution < 1.29 is 9.18 Å².